The zero-order valence-electron chi connectivity index (χ0n) is 16.0. The van der Waals surface area contributed by atoms with Gasteiger partial charge in [0, 0.05) is 5.92 Å². The minimum atomic E-state index is -0.697. The van der Waals surface area contributed by atoms with Gasteiger partial charge in [-0.2, -0.15) is 0 Å². The highest BCUT2D eigenvalue weighted by atomic mass is 16.3. The Balaban J connectivity index is 1.92. The second-order valence-corrected chi connectivity index (χ2v) is 7.34. The third-order valence-electron chi connectivity index (χ3n) is 4.81. The summed E-state index contributed by atoms with van der Waals surface area (Å²) in [5, 5.41) is 2.84. The van der Waals surface area contributed by atoms with Gasteiger partial charge in [-0.3, -0.25) is 25.2 Å². The molecule has 144 valence electrons. The predicted octanol–water partition coefficient (Wildman–Crippen LogP) is 2.38. The van der Waals surface area contributed by atoms with Gasteiger partial charge in [-0.05, 0) is 38.7 Å². The van der Waals surface area contributed by atoms with Gasteiger partial charge in [-0.1, -0.05) is 33.1 Å². The fourth-order valence-corrected chi connectivity index (χ4v) is 3.29. The van der Waals surface area contributed by atoms with Crippen molar-refractivity contribution in [3.8, 4) is 0 Å². The molecule has 1 saturated carbocycles. The lowest BCUT2D eigenvalue weighted by atomic mass is 9.88. The summed E-state index contributed by atoms with van der Waals surface area (Å²) in [5.74, 6) is 0.0238. The minimum Gasteiger partial charge on any atom is -0.466 e. The summed E-state index contributed by atoms with van der Waals surface area (Å²) in [6.07, 6.45) is 5.01. The molecule has 1 aliphatic rings. The van der Waals surface area contributed by atoms with Gasteiger partial charge in [0.05, 0.1) is 5.56 Å². The smallest absolute Gasteiger partial charge is 0.273 e. The van der Waals surface area contributed by atoms with Crippen molar-refractivity contribution in [2.45, 2.75) is 65.8 Å². The number of carbonyl (C=O) groups excluding carboxylic acids is 3. The van der Waals surface area contributed by atoms with Gasteiger partial charge in [0.25, 0.3) is 11.8 Å². The van der Waals surface area contributed by atoms with Crippen molar-refractivity contribution < 1.29 is 18.8 Å². The molecule has 1 heterocycles. The number of amides is 3. The topological polar surface area (TPSA) is 100 Å². The Morgan fingerprint density at radius 3 is 2.27 bits per heavy atom. The molecule has 0 radical (unpaired) electrons. The number of rotatable bonds is 5. The highest BCUT2D eigenvalue weighted by molar-refractivity contribution is 5.97. The van der Waals surface area contributed by atoms with E-state index in [1.54, 1.807) is 19.9 Å². The molecule has 0 saturated heterocycles. The number of hydrazine groups is 1. The van der Waals surface area contributed by atoms with E-state index in [1.807, 2.05) is 13.8 Å². The van der Waals surface area contributed by atoms with Crippen molar-refractivity contribution in [2.24, 2.45) is 11.8 Å². The quantitative estimate of drug-likeness (QED) is 0.699. The molecule has 1 aromatic rings. The highest BCUT2D eigenvalue weighted by Gasteiger charge is 2.29. The number of hydrogen-bond acceptors (Lipinski definition) is 4. The van der Waals surface area contributed by atoms with Crippen LogP contribution in [-0.4, -0.2) is 23.8 Å². The van der Waals surface area contributed by atoms with Crippen molar-refractivity contribution >= 4 is 17.7 Å². The van der Waals surface area contributed by atoms with Gasteiger partial charge >= 0.3 is 0 Å². The minimum absolute atomic E-state index is 0.0241. The highest BCUT2D eigenvalue weighted by Crippen LogP contribution is 2.24. The molecule has 3 N–H and O–H groups in total. The van der Waals surface area contributed by atoms with Crippen LogP contribution in [0.2, 0.25) is 0 Å². The van der Waals surface area contributed by atoms with Crippen LogP contribution in [0, 0.1) is 25.7 Å². The Bertz CT molecular complexity index is 660. The molecule has 2 rings (SSSR count). The monoisotopic (exact) mass is 363 g/mol. The second-order valence-electron chi connectivity index (χ2n) is 7.34. The van der Waals surface area contributed by atoms with Crippen molar-refractivity contribution in [2.75, 3.05) is 0 Å². The summed E-state index contributed by atoms with van der Waals surface area (Å²) in [6, 6.07) is 0.915. The van der Waals surface area contributed by atoms with E-state index in [0.717, 1.165) is 32.1 Å². The first-order valence-corrected chi connectivity index (χ1v) is 9.27. The first kappa shape index (κ1) is 20.0. The molecular formula is C19H29N3O4. The molecule has 3 amide bonds. The fourth-order valence-electron chi connectivity index (χ4n) is 3.29. The molecule has 0 spiro atoms. The van der Waals surface area contributed by atoms with Gasteiger partial charge in [0.15, 0.2) is 0 Å². The van der Waals surface area contributed by atoms with Crippen LogP contribution < -0.4 is 16.2 Å². The lowest BCUT2D eigenvalue weighted by Gasteiger charge is -2.26. The van der Waals surface area contributed by atoms with E-state index in [2.05, 4.69) is 16.2 Å². The SMILES string of the molecule is Cc1cc(C(=O)NNC(=O)[C@H](NC(=O)C2CCCCC2)C(C)C)c(C)o1. The first-order valence-electron chi connectivity index (χ1n) is 9.27. The van der Waals surface area contributed by atoms with E-state index < -0.39 is 17.9 Å². The summed E-state index contributed by atoms with van der Waals surface area (Å²) in [5.41, 5.74) is 5.17. The predicted molar refractivity (Wildman–Crippen MR) is 97.1 cm³/mol. The molecule has 0 bridgehead atoms. The van der Waals surface area contributed by atoms with E-state index >= 15 is 0 Å². The number of nitrogens with one attached hydrogen (secondary N) is 3. The van der Waals surface area contributed by atoms with Crippen LogP contribution in [0.5, 0.6) is 0 Å². The maximum atomic E-state index is 12.5. The van der Waals surface area contributed by atoms with E-state index in [-0.39, 0.29) is 17.7 Å². The van der Waals surface area contributed by atoms with Gasteiger partial charge in [-0.15, -0.1) is 0 Å². The van der Waals surface area contributed by atoms with Gasteiger partial charge in [-0.25, -0.2) is 0 Å². The number of hydrogen-bond donors (Lipinski definition) is 3. The van der Waals surface area contributed by atoms with E-state index in [1.165, 1.54) is 0 Å². The first-order chi connectivity index (χ1) is 12.3. The van der Waals surface area contributed by atoms with Crippen LogP contribution in [0.4, 0.5) is 0 Å². The summed E-state index contributed by atoms with van der Waals surface area (Å²) in [6.45, 7) is 7.15. The average molecular weight is 363 g/mol. The fraction of sp³-hybridized carbons (Fsp3) is 0.632. The molecule has 0 unspecified atom stereocenters. The van der Waals surface area contributed by atoms with E-state index in [9.17, 15) is 14.4 Å². The third kappa shape index (κ3) is 5.09. The Hall–Kier alpha value is -2.31. The summed E-state index contributed by atoms with van der Waals surface area (Å²) in [4.78, 5) is 37.1. The van der Waals surface area contributed by atoms with E-state index in [0.29, 0.717) is 17.1 Å². The Morgan fingerprint density at radius 1 is 1.08 bits per heavy atom. The lowest BCUT2D eigenvalue weighted by Crippen LogP contribution is -2.55. The second kappa shape index (κ2) is 8.87. The molecule has 7 nitrogen and oxygen atoms in total. The zero-order chi connectivity index (χ0) is 19.3. The van der Waals surface area contributed by atoms with Crippen LogP contribution in [-0.2, 0) is 9.59 Å². The van der Waals surface area contributed by atoms with Gasteiger partial charge in [0.1, 0.15) is 17.6 Å². The van der Waals surface area contributed by atoms with Crippen LogP contribution in [0.25, 0.3) is 0 Å². The normalized spacial score (nSPS) is 16.2. The molecule has 1 atom stereocenters. The van der Waals surface area contributed by atoms with Crippen LogP contribution in [0.1, 0.15) is 67.8 Å². The largest absolute Gasteiger partial charge is 0.466 e. The number of carbonyl (C=O) groups is 3. The van der Waals surface area contributed by atoms with Crippen molar-refractivity contribution in [3.63, 3.8) is 0 Å². The molecule has 0 aliphatic heterocycles. The van der Waals surface area contributed by atoms with Crippen molar-refractivity contribution in [1.82, 2.24) is 16.2 Å². The Labute approximate surface area is 154 Å². The number of aryl methyl sites for hydroxylation is 2. The van der Waals surface area contributed by atoms with Gasteiger partial charge in [0.2, 0.25) is 5.91 Å². The summed E-state index contributed by atoms with van der Waals surface area (Å²) >= 11 is 0. The Morgan fingerprint density at radius 2 is 1.73 bits per heavy atom. The van der Waals surface area contributed by atoms with Crippen molar-refractivity contribution in [1.29, 1.82) is 0 Å². The standard InChI is InChI=1S/C19H29N3O4/c1-11(2)16(20-17(23)14-8-6-5-7-9-14)19(25)22-21-18(24)15-10-12(3)26-13(15)4/h10-11,14,16H,5-9H2,1-4H3,(H,20,23)(H,21,24)(H,22,25)/t16-/m1/s1. The summed E-state index contributed by atoms with van der Waals surface area (Å²) in [7, 11) is 0. The van der Waals surface area contributed by atoms with Crippen LogP contribution >= 0.6 is 0 Å². The third-order valence-corrected chi connectivity index (χ3v) is 4.81. The van der Waals surface area contributed by atoms with Crippen LogP contribution in [0.3, 0.4) is 0 Å². The molecule has 1 aliphatic carbocycles. The molecule has 1 aromatic heterocycles. The average Bonchev–Trinajstić information content (AvgIpc) is 2.95. The van der Waals surface area contributed by atoms with Gasteiger partial charge < -0.3 is 9.73 Å². The molecular weight excluding hydrogens is 334 g/mol. The molecule has 26 heavy (non-hydrogen) atoms. The van der Waals surface area contributed by atoms with Crippen molar-refractivity contribution in [3.05, 3.63) is 23.2 Å². The lowest BCUT2D eigenvalue weighted by molar-refractivity contribution is -0.133. The zero-order valence-corrected chi connectivity index (χ0v) is 16.0. The van der Waals surface area contributed by atoms with E-state index in [4.69, 9.17) is 4.42 Å². The molecule has 1 fully saturated rings. The summed E-state index contributed by atoms with van der Waals surface area (Å²) < 4.78 is 5.32. The number of furan rings is 1. The molecule has 7 heteroatoms. The van der Waals surface area contributed by atoms with Crippen LogP contribution in [0.15, 0.2) is 10.5 Å². The maximum absolute atomic E-state index is 12.5. The Kier molecular flexibility index (Phi) is 6.83. The molecule has 0 aromatic carbocycles. The maximum Gasteiger partial charge on any atom is 0.273 e.